The van der Waals surface area contributed by atoms with Crippen molar-refractivity contribution < 1.29 is 0 Å². The Kier molecular flexibility index (Phi) is 5.84. The van der Waals surface area contributed by atoms with Gasteiger partial charge in [0.25, 0.3) is 0 Å². The zero-order chi connectivity index (χ0) is 12.9. The van der Waals surface area contributed by atoms with Crippen LogP contribution in [-0.2, 0) is 0 Å². The van der Waals surface area contributed by atoms with Crippen LogP contribution in [-0.4, -0.2) is 23.5 Å². The molecule has 1 atom stereocenters. The van der Waals surface area contributed by atoms with Gasteiger partial charge >= 0.3 is 0 Å². The molecule has 17 heavy (non-hydrogen) atoms. The molecule has 1 aliphatic rings. The molecule has 0 saturated heterocycles. The molecule has 0 fully saturated rings. The van der Waals surface area contributed by atoms with Crippen LogP contribution in [0, 0.1) is 11.3 Å². The van der Waals surface area contributed by atoms with Crippen molar-refractivity contribution >= 4 is 16.9 Å². The summed E-state index contributed by atoms with van der Waals surface area (Å²) in [5, 5.41) is 5.37. The van der Waals surface area contributed by atoms with Crippen LogP contribution >= 0.6 is 11.8 Å². The lowest BCUT2D eigenvalue weighted by Gasteiger charge is -2.20. The van der Waals surface area contributed by atoms with E-state index in [0.29, 0.717) is 10.7 Å². The third-order valence-corrected chi connectivity index (χ3v) is 4.74. The molecule has 0 aromatic rings. The number of nitrogens with zero attached hydrogens (tertiary/aromatic N) is 1. The molecule has 1 heterocycles. The Hall–Kier alpha value is -0.180. The fourth-order valence-corrected chi connectivity index (χ4v) is 3.44. The minimum atomic E-state index is 0.408. The van der Waals surface area contributed by atoms with Crippen molar-refractivity contribution in [1.29, 1.82) is 0 Å². The molecule has 0 spiro atoms. The van der Waals surface area contributed by atoms with Crippen molar-refractivity contribution in [2.45, 2.75) is 59.1 Å². The van der Waals surface area contributed by atoms with E-state index in [4.69, 9.17) is 0 Å². The molecule has 0 amide bonds. The van der Waals surface area contributed by atoms with Gasteiger partial charge in [0.15, 0.2) is 5.17 Å². The van der Waals surface area contributed by atoms with Crippen molar-refractivity contribution in [1.82, 2.24) is 5.32 Å². The van der Waals surface area contributed by atoms with Crippen molar-refractivity contribution in [2.24, 2.45) is 16.3 Å². The zero-order valence-electron chi connectivity index (χ0n) is 12.0. The van der Waals surface area contributed by atoms with Gasteiger partial charge in [0.2, 0.25) is 0 Å². The molecule has 1 unspecified atom stereocenters. The summed E-state index contributed by atoms with van der Waals surface area (Å²) in [4.78, 5) is 4.62. The van der Waals surface area contributed by atoms with Gasteiger partial charge in [-0.2, -0.15) is 0 Å². The van der Waals surface area contributed by atoms with Gasteiger partial charge in [-0.1, -0.05) is 59.2 Å². The predicted octanol–water partition coefficient (Wildman–Crippen LogP) is 3.92. The second-order valence-corrected chi connectivity index (χ2v) is 7.34. The zero-order valence-corrected chi connectivity index (χ0v) is 12.9. The van der Waals surface area contributed by atoms with Gasteiger partial charge in [0.05, 0.1) is 6.54 Å². The van der Waals surface area contributed by atoms with E-state index in [0.717, 1.165) is 19.0 Å². The minimum absolute atomic E-state index is 0.408. The summed E-state index contributed by atoms with van der Waals surface area (Å²) in [6, 6.07) is 0. The van der Waals surface area contributed by atoms with Crippen LogP contribution in [0.5, 0.6) is 0 Å². The van der Waals surface area contributed by atoms with Gasteiger partial charge in [-0.3, -0.25) is 4.99 Å². The maximum Gasteiger partial charge on any atom is 0.156 e. The topological polar surface area (TPSA) is 24.4 Å². The van der Waals surface area contributed by atoms with Crippen LogP contribution in [0.4, 0.5) is 0 Å². The smallest absolute Gasteiger partial charge is 0.156 e. The maximum absolute atomic E-state index is 4.62. The molecule has 0 aliphatic carbocycles. The summed E-state index contributed by atoms with van der Waals surface area (Å²) in [7, 11) is 0. The van der Waals surface area contributed by atoms with Gasteiger partial charge in [-0.15, -0.1) is 0 Å². The molecule has 100 valence electrons. The first kappa shape index (κ1) is 14.9. The molecule has 1 aliphatic heterocycles. The van der Waals surface area contributed by atoms with Crippen LogP contribution in [0.15, 0.2) is 4.99 Å². The van der Waals surface area contributed by atoms with Crippen LogP contribution in [0.1, 0.15) is 53.9 Å². The van der Waals surface area contributed by atoms with Gasteiger partial charge in [0, 0.05) is 11.8 Å². The van der Waals surface area contributed by atoms with E-state index < -0.39 is 0 Å². The fraction of sp³-hybridized carbons (Fsp3) is 0.929. The molecule has 2 nitrogen and oxygen atoms in total. The Labute approximate surface area is 111 Å². The summed E-state index contributed by atoms with van der Waals surface area (Å²) in [5.41, 5.74) is 0.408. The Morgan fingerprint density at radius 3 is 2.53 bits per heavy atom. The van der Waals surface area contributed by atoms with E-state index in [-0.39, 0.29) is 0 Å². The van der Waals surface area contributed by atoms with E-state index in [1.807, 2.05) is 11.8 Å². The fourth-order valence-electron chi connectivity index (χ4n) is 2.09. The lowest BCUT2D eigenvalue weighted by molar-refractivity contribution is 0.378. The maximum atomic E-state index is 4.62. The summed E-state index contributed by atoms with van der Waals surface area (Å²) in [6.07, 6.45) is 3.75. The molecule has 0 saturated carbocycles. The second kappa shape index (κ2) is 6.67. The average Bonchev–Trinajstić information content (AvgIpc) is 2.67. The first-order valence-electron chi connectivity index (χ1n) is 6.91. The number of thioether (sulfide) groups is 1. The minimum Gasteiger partial charge on any atom is -0.365 e. The molecule has 0 radical (unpaired) electrons. The monoisotopic (exact) mass is 256 g/mol. The standard InChI is InChI=1S/C14H28N2S/c1-6-11(7-2)12-10-16-13(17-12)15-9-8-14(3,4)5/h11-12H,6-10H2,1-5H3,(H,15,16). The molecule has 0 bridgehead atoms. The van der Waals surface area contributed by atoms with Crippen LogP contribution in [0.3, 0.4) is 0 Å². The van der Waals surface area contributed by atoms with Crippen molar-refractivity contribution in [3.63, 3.8) is 0 Å². The summed E-state index contributed by atoms with van der Waals surface area (Å²) < 4.78 is 0. The second-order valence-electron chi connectivity index (χ2n) is 6.12. The van der Waals surface area contributed by atoms with Gasteiger partial charge < -0.3 is 5.32 Å². The van der Waals surface area contributed by atoms with E-state index in [2.05, 4.69) is 44.9 Å². The number of nitrogens with one attached hydrogen (secondary N) is 1. The van der Waals surface area contributed by atoms with E-state index in [1.165, 1.54) is 24.4 Å². The Balaban J connectivity index is 2.26. The quantitative estimate of drug-likeness (QED) is 0.806. The van der Waals surface area contributed by atoms with Gasteiger partial charge in [-0.05, 0) is 17.8 Å². The number of hydrogen-bond acceptors (Lipinski definition) is 3. The Bertz CT molecular complexity index is 251. The first-order chi connectivity index (χ1) is 7.96. The van der Waals surface area contributed by atoms with Crippen molar-refractivity contribution in [3.8, 4) is 0 Å². The van der Waals surface area contributed by atoms with Crippen molar-refractivity contribution in [3.05, 3.63) is 0 Å². The third-order valence-electron chi connectivity index (χ3n) is 3.40. The SMILES string of the molecule is CCC(CC)C1CN=C(NCCC(C)(C)C)S1. The molecular formula is C14H28N2S. The Morgan fingerprint density at radius 2 is 2.00 bits per heavy atom. The van der Waals surface area contributed by atoms with Crippen LogP contribution in [0.25, 0.3) is 0 Å². The number of hydrogen-bond donors (Lipinski definition) is 1. The van der Waals surface area contributed by atoms with E-state index >= 15 is 0 Å². The predicted molar refractivity (Wildman–Crippen MR) is 79.8 cm³/mol. The van der Waals surface area contributed by atoms with Gasteiger partial charge in [0.1, 0.15) is 0 Å². The lowest BCUT2D eigenvalue weighted by atomic mass is 9.92. The Morgan fingerprint density at radius 1 is 1.35 bits per heavy atom. The van der Waals surface area contributed by atoms with E-state index in [1.54, 1.807) is 0 Å². The largest absolute Gasteiger partial charge is 0.365 e. The average molecular weight is 256 g/mol. The molecule has 0 aromatic heterocycles. The highest BCUT2D eigenvalue weighted by Crippen LogP contribution is 2.30. The van der Waals surface area contributed by atoms with Crippen molar-refractivity contribution in [2.75, 3.05) is 13.1 Å². The first-order valence-corrected chi connectivity index (χ1v) is 7.79. The number of amidine groups is 1. The molecular weight excluding hydrogens is 228 g/mol. The highest BCUT2D eigenvalue weighted by molar-refractivity contribution is 8.14. The van der Waals surface area contributed by atoms with Gasteiger partial charge in [-0.25, -0.2) is 0 Å². The normalized spacial score (nSPS) is 20.8. The molecule has 3 heteroatoms. The number of rotatable bonds is 5. The number of aliphatic imine (C=N–C) groups is 1. The highest BCUT2D eigenvalue weighted by Gasteiger charge is 2.25. The summed E-state index contributed by atoms with van der Waals surface area (Å²) in [6.45, 7) is 13.5. The molecule has 0 aromatic carbocycles. The van der Waals surface area contributed by atoms with E-state index in [9.17, 15) is 0 Å². The molecule has 1 N–H and O–H groups in total. The summed E-state index contributed by atoms with van der Waals surface area (Å²) in [5.74, 6) is 0.825. The third kappa shape index (κ3) is 5.33. The van der Waals surface area contributed by atoms with Crippen LogP contribution in [0.2, 0.25) is 0 Å². The highest BCUT2D eigenvalue weighted by atomic mass is 32.2. The summed E-state index contributed by atoms with van der Waals surface area (Å²) >= 11 is 1.96. The molecule has 1 rings (SSSR count). The van der Waals surface area contributed by atoms with Crippen LogP contribution < -0.4 is 5.32 Å². The lowest BCUT2D eigenvalue weighted by Crippen LogP contribution is -2.25.